The van der Waals surface area contributed by atoms with E-state index in [0.29, 0.717) is 0 Å². The maximum Gasteiger partial charge on any atom is 0.305 e. The molecule has 0 saturated carbocycles. The Morgan fingerprint density at radius 2 is 1.47 bits per heavy atom. The van der Waals surface area contributed by atoms with Crippen LogP contribution in [-0.2, 0) is 4.79 Å². The van der Waals surface area contributed by atoms with Crippen molar-refractivity contribution in [1.82, 2.24) is 5.32 Å². The highest BCUT2D eigenvalue weighted by molar-refractivity contribution is 5.92. The second-order valence-corrected chi connectivity index (χ2v) is 3.06. The van der Waals surface area contributed by atoms with E-state index in [1.54, 1.807) is 5.32 Å². The largest absolute Gasteiger partial charge is 0.342 e. The summed E-state index contributed by atoms with van der Waals surface area (Å²) in [6.45, 7) is 4.41. The van der Waals surface area contributed by atoms with E-state index in [4.69, 9.17) is 30.6 Å². The number of hydrogen-bond acceptors (Lipinski definition) is 7. The predicted molar refractivity (Wildman–Crippen MR) is 45.5 cm³/mol. The molecule has 8 nitrogen and oxygen atoms in total. The molecule has 0 aliphatic rings. The lowest BCUT2D eigenvalue weighted by Crippen LogP contribution is -2.65. The van der Waals surface area contributed by atoms with Crippen molar-refractivity contribution in [1.29, 1.82) is 0 Å². The van der Waals surface area contributed by atoms with Crippen LogP contribution in [0.5, 0.6) is 0 Å². The summed E-state index contributed by atoms with van der Waals surface area (Å²) in [5.41, 5.74) is -0.103. The van der Waals surface area contributed by atoms with Gasteiger partial charge in [0.2, 0.25) is 5.91 Å². The van der Waals surface area contributed by atoms with E-state index >= 15 is 0 Å². The van der Waals surface area contributed by atoms with Crippen LogP contribution >= 0.6 is 0 Å². The molecule has 0 bridgehead atoms. The molecule has 0 atom stereocenters. The van der Waals surface area contributed by atoms with Crippen LogP contribution in [0.4, 0.5) is 0 Å². The smallest absolute Gasteiger partial charge is 0.305 e. The second kappa shape index (κ2) is 4.23. The summed E-state index contributed by atoms with van der Waals surface area (Å²) in [5, 5.41) is 53.3. The zero-order valence-corrected chi connectivity index (χ0v) is 7.88. The zero-order valence-electron chi connectivity index (χ0n) is 7.88. The van der Waals surface area contributed by atoms with Gasteiger partial charge in [0.05, 0.1) is 0 Å². The number of hydrogen-bond donors (Lipinski definition) is 7. The fourth-order valence-electron chi connectivity index (χ4n) is 0.708. The third-order valence-corrected chi connectivity index (χ3v) is 1.44. The van der Waals surface area contributed by atoms with Crippen molar-refractivity contribution in [2.24, 2.45) is 0 Å². The molecule has 0 unspecified atom stereocenters. The van der Waals surface area contributed by atoms with Crippen LogP contribution in [0.25, 0.3) is 0 Å². The van der Waals surface area contributed by atoms with Gasteiger partial charge in [0, 0.05) is 5.57 Å². The molecule has 0 aromatic carbocycles. The number of carbonyl (C=O) groups excluding carboxylic acids is 1. The molecule has 88 valence electrons. The van der Waals surface area contributed by atoms with Gasteiger partial charge in [-0.1, -0.05) is 6.58 Å². The summed E-state index contributed by atoms with van der Waals surface area (Å²) in [5.74, 6) is -8.42. The van der Waals surface area contributed by atoms with Gasteiger partial charge in [-0.05, 0) is 6.92 Å². The van der Waals surface area contributed by atoms with Gasteiger partial charge in [-0.2, -0.15) is 0 Å². The lowest BCUT2D eigenvalue weighted by molar-refractivity contribution is -0.416. The molecule has 0 rings (SSSR count). The molecule has 0 radical (unpaired) electrons. The van der Waals surface area contributed by atoms with Crippen LogP contribution in [0.1, 0.15) is 6.92 Å². The number of carbonyl (C=O) groups is 1. The summed E-state index contributed by atoms with van der Waals surface area (Å²) in [6.07, 6.45) is 0. The molecule has 0 aromatic heterocycles. The Bertz CT molecular complexity index is 247. The molecule has 0 aliphatic carbocycles. The molecule has 15 heavy (non-hydrogen) atoms. The summed E-state index contributed by atoms with van der Waals surface area (Å²) in [6, 6.07) is -2.53. The van der Waals surface area contributed by atoms with Gasteiger partial charge in [-0.3, -0.25) is 4.79 Å². The molecule has 0 saturated heterocycles. The van der Waals surface area contributed by atoms with Crippen LogP contribution in [0.15, 0.2) is 12.2 Å². The van der Waals surface area contributed by atoms with Crippen LogP contribution in [0.2, 0.25) is 0 Å². The highest BCUT2D eigenvalue weighted by Crippen LogP contribution is 2.13. The Hall–Kier alpha value is -1.03. The minimum absolute atomic E-state index is 0.103. The summed E-state index contributed by atoms with van der Waals surface area (Å²) in [4.78, 5) is 11.0. The number of rotatable bonds is 4. The Balaban J connectivity index is 4.85. The lowest BCUT2D eigenvalue weighted by Gasteiger charge is -2.32. The lowest BCUT2D eigenvalue weighted by atomic mass is 10.2. The molecule has 0 aromatic rings. The molecule has 8 heteroatoms. The number of aliphatic hydroxyl groups is 6. The summed E-state index contributed by atoms with van der Waals surface area (Å²) in [7, 11) is 0. The predicted octanol–water partition coefficient (Wildman–Crippen LogP) is -3.69. The highest BCUT2D eigenvalue weighted by Gasteiger charge is 2.48. The second-order valence-electron chi connectivity index (χ2n) is 3.06. The Kier molecular flexibility index (Phi) is 3.94. The number of nitrogens with one attached hydrogen (secondary N) is 1. The third kappa shape index (κ3) is 4.34. The van der Waals surface area contributed by atoms with E-state index in [0.717, 1.165) is 0 Å². The van der Waals surface area contributed by atoms with Crippen molar-refractivity contribution in [3.05, 3.63) is 12.2 Å². The molecular weight excluding hydrogens is 210 g/mol. The fraction of sp³-hybridized carbons (Fsp3) is 0.571. The fourth-order valence-corrected chi connectivity index (χ4v) is 0.708. The standard InChI is InChI=1S/C7H13NO7/c1-3(2)4(9)8-5(6(10,11)12)7(13,14)15/h5,10-15H,1H2,2H3,(H,8,9). The van der Waals surface area contributed by atoms with E-state index in [2.05, 4.69) is 6.58 Å². The van der Waals surface area contributed by atoms with Crippen LogP contribution < -0.4 is 5.32 Å². The summed E-state index contributed by atoms with van der Waals surface area (Å²) >= 11 is 0. The summed E-state index contributed by atoms with van der Waals surface area (Å²) < 4.78 is 0. The SMILES string of the molecule is C=C(C)C(=O)NC(C(O)(O)O)C(O)(O)O. The Labute approximate surface area is 84.7 Å². The minimum Gasteiger partial charge on any atom is -0.342 e. The average molecular weight is 223 g/mol. The normalized spacial score (nSPS) is 12.8. The molecule has 1 amide bonds. The molecular formula is C7H13NO7. The first-order valence-electron chi connectivity index (χ1n) is 3.77. The van der Waals surface area contributed by atoms with E-state index in [-0.39, 0.29) is 5.57 Å². The van der Waals surface area contributed by atoms with Crippen molar-refractivity contribution in [3.8, 4) is 0 Å². The zero-order chi connectivity index (χ0) is 12.4. The number of amides is 1. The van der Waals surface area contributed by atoms with Crippen molar-refractivity contribution in [2.75, 3.05) is 0 Å². The van der Waals surface area contributed by atoms with Crippen molar-refractivity contribution in [2.45, 2.75) is 24.9 Å². The van der Waals surface area contributed by atoms with E-state index in [1.165, 1.54) is 6.92 Å². The van der Waals surface area contributed by atoms with Gasteiger partial charge in [0.15, 0.2) is 6.04 Å². The van der Waals surface area contributed by atoms with E-state index in [1.807, 2.05) is 0 Å². The van der Waals surface area contributed by atoms with Gasteiger partial charge in [0.1, 0.15) is 0 Å². The highest BCUT2D eigenvalue weighted by atomic mass is 16.7. The molecule has 7 N–H and O–H groups in total. The van der Waals surface area contributed by atoms with Gasteiger partial charge >= 0.3 is 11.9 Å². The van der Waals surface area contributed by atoms with Gasteiger partial charge < -0.3 is 36.0 Å². The van der Waals surface area contributed by atoms with Crippen LogP contribution in [0, 0.1) is 0 Å². The molecule has 0 aliphatic heterocycles. The van der Waals surface area contributed by atoms with Crippen molar-refractivity contribution in [3.63, 3.8) is 0 Å². The van der Waals surface area contributed by atoms with Crippen LogP contribution in [-0.4, -0.2) is 54.5 Å². The third-order valence-electron chi connectivity index (χ3n) is 1.44. The first-order valence-corrected chi connectivity index (χ1v) is 3.77. The van der Waals surface area contributed by atoms with Crippen molar-refractivity contribution < 1.29 is 35.4 Å². The molecule has 0 spiro atoms. The Morgan fingerprint density at radius 3 is 1.67 bits per heavy atom. The van der Waals surface area contributed by atoms with Crippen LogP contribution in [0.3, 0.4) is 0 Å². The first kappa shape index (κ1) is 14.0. The Morgan fingerprint density at radius 1 is 1.13 bits per heavy atom. The maximum atomic E-state index is 11.0. The first-order chi connectivity index (χ1) is 6.46. The van der Waals surface area contributed by atoms with Crippen molar-refractivity contribution >= 4 is 5.91 Å². The maximum absolute atomic E-state index is 11.0. The van der Waals surface area contributed by atoms with Gasteiger partial charge in [-0.25, -0.2) is 0 Å². The van der Waals surface area contributed by atoms with E-state index < -0.39 is 23.9 Å². The van der Waals surface area contributed by atoms with E-state index in [9.17, 15) is 4.79 Å². The minimum atomic E-state index is -3.70. The average Bonchev–Trinajstić information content (AvgIpc) is 1.94. The topological polar surface area (TPSA) is 150 Å². The van der Waals surface area contributed by atoms with Gasteiger partial charge in [0.25, 0.3) is 0 Å². The molecule has 0 heterocycles. The quantitative estimate of drug-likeness (QED) is 0.191. The molecule has 0 fully saturated rings. The van der Waals surface area contributed by atoms with Gasteiger partial charge in [-0.15, -0.1) is 0 Å². The monoisotopic (exact) mass is 223 g/mol.